The van der Waals surface area contributed by atoms with Crippen molar-refractivity contribution in [3.05, 3.63) is 91.0 Å². The molecule has 0 radical (unpaired) electrons. The maximum atomic E-state index is 12.8. The molecule has 0 saturated heterocycles. The predicted octanol–water partition coefficient (Wildman–Crippen LogP) is 4.66. The van der Waals surface area contributed by atoms with Gasteiger partial charge in [-0.3, -0.25) is 14.4 Å². The van der Waals surface area contributed by atoms with E-state index in [0.29, 0.717) is 25.9 Å². The van der Waals surface area contributed by atoms with Gasteiger partial charge in [0.25, 0.3) is 0 Å². The number of aliphatic hydroxyl groups is 1. The fourth-order valence-corrected chi connectivity index (χ4v) is 4.17. The van der Waals surface area contributed by atoms with Crippen molar-refractivity contribution >= 4 is 17.8 Å². The Kier molecular flexibility index (Phi) is 15.6. The number of hydrogen-bond donors (Lipinski definition) is 3. The molecule has 0 heterocycles. The van der Waals surface area contributed by atoms with Crippen molar-refractivity contribution in [2.45, 2.75) is 70.6 Å². The lowest BCUT2D eigenvalue weighted by atomic mass is 9.99. The van der Waals surface area contributed by atoms with Gasteiger partial charge >= 0.3 is 5.97 Å². The fraction of sp³-hybridized carbons (Fsp3) is 0.424. The fourth-order valence-electron chi connectivity index (χ4n) is 4.17. The third-order valence-electron chi connectivity index (χ3n) is 6.43. The smallest absolute Gasteiger partial charge is 0.306 e. The first-order valence-corrected chi connectivity index (χ1v) is 14.2. The molecular weight excluding hydrogens is 520 g/mol. The molecule has 0 aliphatic rings. The first-order chi connectivity index (χ1) is 19.8. The van der Waals surface area contributed by atoms with E-state index in [4.69, 9.17) is 9.47 Å². The zero-order valence-electron chi connectivity index (χ0n) is 24.1. The van der Waals surface area contributed by atoms with Crippen molar-refractivity contribution in [1.29, 1.82) is 0 Å². The van der Waals surface area contributed by atoms with Crippen LogP contribution < -0.4 is 15.4 Å². The van der Waals surface area contributed by atoms with Crippen molar-refractivity contribution in [3.63, 3.8) is 0 Å². The van der Waals surface area contributed by atoms with Gasteiger partial charge in [0.1, 0.15) is 18.5 Å². The first-order valence-electron chi connectivity index (χ1n) is 14.2. The van der Waals surface area contributed by atoms with Gasteiger partial charge in [-0.05, 0) is 62.3 Å². The summed E-state index contributed by atoms with van der Waals surface area (Å²) in [4.78, 5) is 37.5. The topological polar surface area (TPSA) is 114 Å². The highest BCUT2D eigenvalue weighted by molar-refractivity contribution is 5.86. The average molecular weight is 565 g/mol. The number of unbranched alkanes of at least 4 members (excludes halogenated alkanes) is 2. The summed E-state index contributed by atoms with van der Waals surface area (Å²) in [6, 6.07) is 16.9. The number of allylic oxidation sites excluding steroid dienone is 2. The van der Waals surface area contributed by atoms with E-state index in [0.717, 1.165) is 36.1 Å². The van der Waals surface area contributed by atoms with Crippen LogP contribution in [-0.4, -0.2) is 48.2 Å². The number of nitrogens with one attached hydrogen (secondary N) is 2. The second-order valence-electron chi connectivity index (χ2n) is 10.1. The van der Waals surface area contributed by atoms with Crippen LogP contribution in [0.15, 0.2) is 79.9 Å². The molecule has 222 valence electrons. The quantitative estimate of drug-likeness (QED) is 0.122. The molecule has 0 fully saturated rings. The summed E-state index contributed by atoms with van der Waals surface area (Å²) in [5, 5.41) is 15.5. The number of benzene rings is 2. The Balaban J connectivity index is 1.78. The largest absolute Gasteiger partial charge is 0.489 e. The van der Waals surface area contributed by atoms with E-state index in [2.05, 4.69) is 23.8 Å². The minimum atomic E-state index is -0.630. The molecule has 2 rings (SSSR count). The third-order valence-corrected chi connectivity index (χ3v) is 6.43. The van der Waals surface area contributed by atoms with E-state index >= 15 is 0 Å². The first kappa shape index (κ1) is 33.3. The maximum absolute atomic E-state index is 12.8. The molecule has 2 amide bonds. The van der Waals surface area contributed by atoms with Crippen molar-refractivity contribution in [2.75, 3.05) is 13.2 Å². The zero-order chi connectivity index (χ0) is 29.9. The van der Waals surface area contributed by atoms with Crippen LogP contribution in [-0.2, 0) is 32.1 Å². The van der Waals surface area contributed by atoms with Crippen molar-refractivity contribution < 1.29 is 29.0 Å². The van der Waals surface area contributed by atoms with E-state index in [1.54, 1.807) is 13.0 Å². The van der Waals surface area contributed by atoms with Crippen LogP contribution in [0.4, 0.5) is 0 Å². The molecule has 2 aromatic rings. The molecule has 8 nitrogen and oxygen atoms in total. The lowest BCUT2D eigenvalue weighted by molar-refractivity contribution is -0.148. The summed E-state index contributed by atoms with van der Waals surface area (Å²) in [5.41, 5.74) is 2.01. The lowest BCUT2D eigenvalue weighted by Crippen LogP contribution is -2.42. The minimum absolute atomic E-state index is 0.0575. The number of amides is 2. The monoisotopic (exact) mass is 564 g/mol. The number of hydrogen-bond acceptors (Lipinski definition) is 6. The summed E-state index contributed by atoms with van der Waals surface area (Å²) in [7, 11) is 0. The Bertz CT molecular complexity index is 1090. The van der Waals surface area contributed by atoms with Gasteiger partial charge in [0.2, 0.25) is 11.8 Å². The Labute approximate surface area is 243 Å². The Hall–Kier alpha value is -3.91. The van der Waals surface area contributed by atoms with Crippen LogP contribution in [0.3, 0.4) is 0 Å². The van der Waals surface area contributed by atoms with Gasteiger partial charge < -0.3 is 25.2 Å². The summed E-state index contributed by atoms with van der Waals surface area (Å²) in [5.74, 6) is -0.863. The molecule has 0 aliphatic heterocycles. The van der Waals surface area contributed by atoms with E-state index in [9.17, 15) is 19.5 Å². The van der Waals surface area contributed by atoms with Crippen LogP contribution >= 0.6 is 0 Å². The Morgan fingerprint density at radius 2 is 1.71 bits per heavy atom. The number of carbonyl (C=O) groups excluding carboxylic acids is 3. The normalized spacial score (nSPS) is 12.8. The molecule has 8 heteroatoms. The standard InChI is InChI=1S/C33H44N2O6/c1-4-6-7-11-15-32(38)41-25(3)22-34-33(39)28(12-5-2)21-31(37)35-29(23-36)20-26-16-18-30(19-17-26)40-24-27-13-9-8-10-14-27/h4-5,8-10,13-14,16-19,25,28-29,36H,1-2,6-7,11-12,15,20-24H2,3H3,(H,34,39)(H,35,37). The van der Waals surface area contributed by atoms with Gasteiger partial charge in [0.15, 0.2) is 0 Å². The highest BCUT2D eigenvalue weighted by Gasteiger charge is 2.23. The molecule has 41 heavy (non-hydrogen) atoms. The van der Waals surface area contributed by atoms with Crippen LogP contribution in [0, 0.1) is 5.92 Å². The molecule has 2 aromatic carbocycles. The van der Waals surface area contributed by atoms with E-state index in [-0.39, 0.29) is 37.4 Å². The van der Waals surface area contributed by atoms with E-state index in [1.165, 1.54) is 0 Å². The van der Waals surface area contributed by atoms with Crippen molar-refractivity contribution in [2.24, 2.45) is 5.92 Å². The summed E-state index contributed by atoms with van der Waals surface area (Å²) in [6.07, 6.45) is 6.38. The van der Waals surface area contributed by atoms with Crippen molar-refractivity contribution in [3.8, 4) is 5.75 Å². The number of esters is 1. The maximum Gasteiger partial charge on any atom is 0.306 e. The second kappa shape index (κ2) is 19.2. The van der Waals surface area contributed by atoms with Crippen LogP contribution in [0.25, 0.3) is 0 Å². The third kappa shape index (κ3) is 13.8. The van der Waals surface area contributed by atoms with Crippen molar-refractivity contribution in [1.82, 2.24) is 10.6 Å². The molecular formula is C33H44N2O6. The summed E-state index contributed by atoms with van der Waals surface area (Å²) < 4.78 is 11.2. The minimum Gasteiger partial charge on any atom is -0.489 e. The SMILES string of the molecule is C=CCCCCC(=O)OC(C)CNC(=O)C(CC=C)CC(=O)NC(CO)Cc1ccc(OCc2ccccc2)cc1. The summed E-state index contributed by atoms with van der Waals surface area (Å²) >= 11 is 0. The number of rotatable bonds is 20. The molecule has 0 saturated carbocycles. The molecule has 0 bridgehead atoms. The van der Waals surface area contributed by atoms with Gasteiger partial charge in [0, 0.05) is 12.8 Å². The highest BCUT2D eigenvalue weighted by Crippen LogP contribution is 2.16. The van der Waals surface area contributed by atoms with Gasteiger partial charge in [-0.2, -0.15) is 0 Å². The second-order valence-corrected chi connectivity index (χ2v) is 10.1. The Morgan fingerprint density at radius 3 is 2.37 bits per heavy atom. The van der Waals surface area contributed by atoms with Crippen LogP contribution in [0.5, 0.6) is 5.75 Å². The van der Waals surface area contributed by atoms with Gasteiger partial charge in [-0.25, -0.2) is 0 Å². The molecule has 3 N–H and O–H groups in total. The number of ether oxygens (including phenoxy) is 2. The number of carbonyl (C=O) groups is 3. The average Bonchev–Trinajstić information content (AvgIpc) is 2.97. The van der Waals surface area contributed by atoms with E-state index in [1.807, 2.05) is 60.7 Å². The van der Waals surface area contributed by atoms with Gasteiger partial charge in [0.05, 0.1) is 25.1 Å². The van der Waals surface area contributed by atoms with Gasteiger partial charge in [-0.1, -0.05) is 54.6 Å². The zero-order valence-corrected chi connectivity index (χ0v) is 24.1. The van der Waals surface area contributed by atoms with Crippen LogP contribution in [0.1, 0.15) is 56.6 Å². The molecule has 0 aromatic heterocycles. The molecule has 0 aliphatic carbocycles. The molecule has 3 unspecified atom stereocenters. The Morgan fingerprint density at radius 1 is 0.976 bits per heavy atom. The molecule has 0 spiro atoms. The van der Waals surface area contributed by atoms with E-state index < -0.39 is 18.1 Å². The predicted molar refractivity (Wildman–Crippen MR) is 160 cm³/mol. The summed E-state index contributed by atoms with van der Waals surface area (Å²) in [6.45, 7) is 9.45. The lowest BCUT2D eigenvalue weighted by Gasteiger charge is -2.20. The highest BCUT2D eigenvalue weighted by atomic mass is 16.5. The number of aliphatic hydroxyl groups excluding tert-OH is 1. The van der Waals surface area contributed by atoms with Crippen LogP contribution in [0.2, 0.25) is 0 Å². The molecule has 3 atom stereocenters. The van der Waals surface area contributed by atoms with Gasteiger partial charge in [-0.15, -0.1) is 13.2 Å².